The molecule has 0 radical (unpaired) electrons. The summed E-state index contributed by atoms with van der Waals surface area (Å²) in [6.45, 7) is 3.06. The molecule has 0 aliphatic carbocycles. The standard InChI is InChI=1S/C25H21N3OS/c1-2-16-28-21-13-6-5-11-20(21)26-24(28)22-14-15-23(30-22)25(29)27-19-12-7-9-17-8-3-4-10-18(17)19/h3-15H,2,16H2,1H3,(H,27,29). The second-order valence-corrected chi connectivity index (χ2v) is 8.30. The molecule has 0 spiro atoms. The average Bonchev–Trinajstić information content (AvgIpc) is 3.40. The highest BCUT2D eigenvalue weighted by Gasteiger charge is 2.17. The summed E-state index contributed by atoms with van der Waals surface area (Å²) >= 11 is 1.48. The van der Waals surface area contributed by atoms with Crippen molar-refractivity contribution in [2.24, 2.45) is 0 Å². The van der Waals surface area contributed by atoms with Crippen LogP contribution < -0.4 is 5.32 Å². The SMILES string of the molecule is CCCn1c(-c2ccc(C(=O)Nc3cccc4ccccc34)s2)nc2ccccc21. The summed E-state index contributed by atoms with van der Waals surface area (Å²) in [5, 5.41) is 5.22. The van der Waals surface area contributed by atoms with E-state index >= 15 is 0 Å². The predicted molar refractivity (Wildman–Crippen MR) is 125 cm³/mol. The largest absolute Gasteiger partial charge is 0.323 e. The van der Waals surface area contributed by atoms with Gasteiger partial charge < -0.3 is 9.88 Å². The van der Waals surface area contributed by atoms with Crippen molar-refractivity contribution in [2.75, 3.05) is 5.32 Å². The molecule has 0 saturated heterocycles. The van der Waals surface area contributed by atoms with Gasteiger partial charge in [0.15, 0.2) is 5.82 Å². The molecule has 4 nitrogen and oxygen atoms in total. The van der Waals surface area contributed by atoms with Gasteiger partial charge in [-0.25, -0.2) is 4.98 Å². The molecule has 0 fully saturated rings. The molecule has 0 saturated carbocycles. The molecule has 148 valence electrons. The number of imidazole rings is 1. The van der Waals surface area contributed by atoms with Crippen LogP contribution in [-0.4, -0.2) is 15.5 Å². The first kappa shape index (κ1) is 18.6. The summed E-state index contributed by atoms with van der Waals surface area (Å²) in [6.07, 6.45) is 1.02. The van der Waals surface area contributed by atoms with Gasteiger partial charge in [0.1, 0.15) is 0 Å². The molecule has 5 aromatic rings. The van der Waals surface area contributed by atoms with E-state index in [1.807, 2.05) is 72.8 Å². The van der Waals surface area contributed by atoms with Crippen LogP contribution in [0.4, 0.5) is 5.69 Å². The van der Waals surface area contributed by atoms with E-state index in [2.05, 4.69) is 22.9 Å². The number of nitrogens with one attached hydrogen (secondary N) is 1. The summed E-state index contributed by atoms with van der Waals surface area (Å²) in [5.74, 6) is 0.827. The number of fused-ring (bicyclic) bond motifs is 2. The number of aromatic nitrogens is 2. The zero-order valence-electron chi connectivity index (χ0n) is 16.6. The van der Waals surface area contributed by atoms with Gasteiger partial charge >= 0.3 is 0 Å². The van der Waals surface area contributed by atoms with Crippen LogP contribution in [0.25, 0.3) is 32.5 Å². The number of thiophene rings is 1. The van der Waals surface area contributed by atoms with Gasteiger partial charge in [-0.05, 0) is 42.1 Å². The fourth-order valence-corrected chi connectivity index (χ4v) is 4.71. The summed E-state index contributed by atoms with van der Waals surface area (Å²) in [6, 6.07) is 26.1. The summed E-state index contributed by atoms with van der Waals surface area (Å²) in [4.78, 5) is 19.5. The molecule has 0 aliphatic heterocycles. The first-order chi connectivity index (χ1) is 14.7. The molecular weight excluding hydrogens is 390 g/mol. The van der Waals surface area contributed by atoms with Gasteiger partial charge in [-0.1, -0.05) is 55.5 Å². The third-order valence-electron chi connectivity index (χ3n) is 5.19. The second kappa shape index (κ2) is 7.76. The summed E-state index contributed by atoms with van der Waals surface area (Å²) in [7, 11) is 0. The normalized spacial score (nSPS) is 11.2. The number of anilines is 1. The van der Waals surface area contributed by atoms with E-state index < -0.39 is 0 Å². The number of nitrogens with zero attached hydrogens (tertiary/aromatic N) is 2. The van der Waals surface area contributed by atoms with Crippen LogP contribution in [-0.2, 0) is 6.54 Å². The van der Waals surface area contributed by atoms with Crippen LogP contribution in [0.1, 0.15) is 23.0 Å². The van der Waals surface area contributed by atoms with Gasteiger partial charge in [-0.2, -0.15) is 0 Å². The van der Waals surface area contributed by atoms with E-state index in [1.54, 1.807) is 0 Å². The van der Waals surface area contributed by atoms with Gasteiger partial charge in [0.25, 0.3) is 5.91 Å². The Morgan fingerprint density at radius 2 is 1.77 bits per heavy atom. The third-order valence-corrected chi connectivity index (χ3v) is 6.27. The molecule has 5 rings (SSSR count). The Kier molecular flexibility index (Phi) is 4.81. The molecule has 0 bridgehead atoms. The maximum absolute atomic E-state index is 13.0. The van der Waals surface area contributed by atoms with Crippen LogP contribution in [0.15, 0.2) is 78.9 Å². The van der Waals surface area contributed by atoms with Crippen molar-refractivity contribution in [2.45, 2.75) is 19.9 Å². The van der Waals surface area contributed by atoms with Crippen LogP contribution >= 0.6 is 11.3 Å². The number of rotatable bonds is 5. The van der Waals surface area contributed by atoms with E-state index in [0.717, 1.165) is 51.2 Å². The van der Waals surface area contributed by atoms with Crippen molar-refractivity contribution >= 4 is 44.7 Å². The molecule has 30 heavy (non-hydrogen) atoms. The van der Waals surface area contributed by atoms with E-state index in [9.17, 15) is 4.79 Å². The maximum atomic E-state index is 13.0. The molecule has 0 unspecified atom stereocenters. The highest BCUT2D eigenvalue weighted by Crippen LogP contribution is 2.32. The molecule has 1 amide bonds. The first-order valence-electron chi connectivity index (χ1n) is 10.1. The number of hydrogen-bond acceptors (Lipinski definition) is 3. The lowest BCUT2D eigenvalue weighted by Crippen LogP contribution is -2.10. The lowest BCUT2D eigenvalue weighted by Gasteiger charge is -2.08. The van der Waals surface area contributed by atoms with Crippen molar-refractivity contribution in [3.05, 3.63) is 83.7 Å². The van der Waals surface area contributed by atoms with Crippen molar-refractivity contribution in [1.29, 1.82) is 0 Å². The molecule has 2 heterocycles. The van der Waals surface area contributed by atoms with E-state index in [-0.39, 0.29) is 5.91 Å². The fourth-order valence-electron chi connectivity index (χ4n) is 3.81. The van der Waals surface area contributed by atoms with Gasteiger partial charge in [0.05, 0.1) is 20.8 Å². The zero-order valence-corrected chi connectivity index (χ0v) is 17.4. The van der Waals surface area contributed by atoms with Crippen LogP contribution in [0.2, 0.25) is 0 Å². The summed E-state index contributed by atoms with van der Waals surface area (Å²) < 4.78 is 2.24. The smallest absolute Gasteiger partial charge is 0.265 e. The number of para-hydroxylation sites is 2. The highest BCUT2D eigenvalue weighted by molar-refractivity contribution is 7.17. The molecule has 2 aromatic heterocycles. The van der Waals surface area contributed by atoms with Crippen molar-refractivity contribution in [1.82, 2.24) is 9.55 Å². The zero-order chi connectivity index (χ0) is 20.5. The van der Waals surface area contributed by atoms with Crippen molar-refractivity contribution in [3.63, 3.8) is 0 Å². The third kappa shape index (κ3) is 3.27. The second-order valence-electron chi connectivity index (χ2n) is 7.22. The lowest BCUT2D eigenvalue weighted by molar-refractivity contribution is 0.103. The van der Waals surface area contributed by atoms with E-state index in [4.69, 9.17) is 4.98 Å². The van der Waals surface area contributed by atoms with Crippen LogP contribution in [0, 0.1) is 0 Å². The highest BCUT2D eigenvalue weighted by atomic mass is 32.1. The molecule has 0 aliphatic rings. The number of amides is 1. The van der Waals surface area contributed by atoms with Gasteiger partial charge in [-0.3, -0.25) is 4.79 Å². The Labute approximate surface area is 178 Å². The van der Waals surface area contributed by atoms with Crippen LogP contribution in [0.3, 0.4) is 0 Å². The van der Waals surface area contributed by atoms with Crippen molar-refractivity contribution < 1.29 is 4.79 Å². The molecule has 0 atom stereocenters. The fraction of sp³-hybridized carbons (Fsp3) is 0.120. The molecule has 5 heteroatoms. The quantitative estimate of drug-likeness (QED) is 0.355. The Morgan fingerprint density at radius 1 is 0.967 bits per heavy atom. The Bertz CT molecular complexity index is 1360. The topological polar surface area (TPSA) is 46.9 Å². The Balaban J connectivity index is 1.48. The number of hydrogen-bond donors (Lipinski definition) is 1. The minimum Gasteiger partial charge on any atom is -0.323 e. The first-order valence-corrected chi connectivity index (χ1v) is 10.9. The van der Waals surface area contributed by atoms with Gasteiger partial charge in [0.2, 0.25) is 0 Å². The predicted octanol–water partition coefficient (Wildman–Crippen LogP) is 6.58. The average molecular weight is 412 g/mol. The Hall–Kier alpha value is -3.44. The van der Waals surface area contributed by atoms with E-state index in [1.165, 1.54) is 11.3 Å². The van der Waals surface area contributed by atoms with Crippen LogP contribution in [0.5, 0.6) is 0 Å². The number of benzene rings is 3. The minimum atomic E-state index is -0.0965. The number of carbonyl (C=O) groups excluding carboxylic acids is 1. The lowest BCUT2D eigenvalue weighted by atomic mass is 10.1. The Morgan fingerprint density at radius 3 is 2.67 bits per heavy atom. The number of aryl methyl sites for hydroxylation is 1. The number of carbonyl (C=O) groups is 1. The molecule has 3 aromatic carbocycles. The summed E-state index contributed by atoms with van der Waals surface area (Å²) in [5.41, 5.74) is 2.94. The van der Waals surface area contributed by atoms with Crippen molar-refractivity contribution in [3.8, 4) is 10.7 Å². The monoisotopic (exact) mass is 411 g/mol. The molecular formula is C25H21N3OS. The van der Waals surface area contributed by atoms with Gasteiger partial charge in [0, 0.05) is 17.6 Å². The van der Waals surface area contributed by atoms with E-state index in [0.29, 0.717) is 4.88 Å². The minimum absolute atomic E-state index is 0.0965. The van der Waals surface area contributed by atoms with Gasteiger partial charge in [-0.15, -0.1) is 11.3 Å². The maximum Gasteiger partial charge on any atom is 0.265 e. The molecule has 1 N–H and O–H groups in total.